The number of hydrogen-bond acceptors (Lipinski definition) is 3. The van der Waals surface area contributed by atoms with Gasteiger partial charge in [0.15, 0.2) is 6.10 Å². The fourth-order valence-corrected chi connectivity index (χ4v) is 3.65. The maximum absolute atomic E-state index is 11.3. The number of unbranched alkanes of at least 4 members (excludes halogenated alkanes) is 16. The molecule has 1 N–H and O–H groups in total. The van der Waals surface area contributed by atoms with Crippen LogP contribution in [0.3, 0.4) is 0 Å². The van der Waals surface area contributed by atoms with Gasteiger partial charge in [-0.1, -0.05) is 109 Å². The van der Waals surface area contributed by atoms with Crippen LogP contribution in [0.1, 0.15) is 136 Å². The summed E-state index contributed by atoms with van der Waals surface area (Å²) in [7, 11) is 0. The molecular weight excluding hydrogens is 360 g/mol. The van der Waals surface area contributed by atoms with Crippen molar-refractivity contribution in [2.24, 2.45) is 0 Å². The fourth-order valence-electron chi connectivity index (χ4n) is 3.65. The normalized spacial score (nSPS) is 12.5. The third kappa shape index (κ3) is 21.7. The van der Waals surface area contributed by atoms with E-state index < -0.39 is 12.1 Å². The minimum Gasteiger partial charge on any atom is -0.464 e. The summed E-state index contributed by atoms with van der Waals surface area (Å²) in [5.74, 6) is -0.478. The first-order chi connectivity index (χ1) is 14.2. The van der Waals surface area contributed by atoms with Gasteiger partial charge in [-0.2, -0.15) is 0 Å². The highest BCUT2D eigenvalue weighted by Crippen LogP contribution is 2.13. The summed E-state index contributed by atoms with van der Waals surface area (Å²) >= 11 is 0. The molecule has 29 heavy (non-hydrogen) atoms. The predicted molar refractivity (Wildman–Crippen MR) is 125 cm³/mol. The molecule has 0 aliphatic heterocycles. The van der Waals surface area contributed by atoms with Gasteiger partial charge in [0.2, 0.25) is 0 Å². The summed E-state index contributed by atoms with van der Waals surface area (Å²) in [5, 5.41) is 9.61. The largest absolute Gasteiger partial charge is 0.464 e. The van der Waals surface area contributed by atoms with Crippen LogP contribution in [-0.4, -0.2) is 23.8 Å². The van der Waals surface area contributed by atoms with Gasteiger partial charge in [-0.15, -0.1) is 0 Å². The van der Waals surface area contributed by atoms with Crippen molar-refractivity contribution in [2.45, 2.75) is 142 Å². The van der Waals surface area contributed by atoms with Crippen LogP contribution in [-0.2, 0) is 9.53 Å². The number of rotatable bonds is 22. The zero-order chi connectivity index (χ0) is 21.4. The Morgan fingerprint density at radius 2 is 1.10 bits per heavy atom. The third-order valence-corrected chi connectivity index (χ3v) is 5.55. The average molecular weight is 411 g/mol. The lowest BCUT2D eigenvalue weighted by Crippen LogP contribution is -2.22. The molecule has 1 unspecified atom stereocenters. The zero-order valence-corrected chi connectivity index (χ0v) is 19.6. The Kier molecular flexibility index (Phi) is 22.8. The second-order valence-electron chi connectivity index (χ2n) is 8.41. The van der Waals surface area contributed by atoms with Gasteiger partial charge in [0.05, 0.1) is 6.61 Å². The van der Waals surface area contributed by atoms with Crippen molar-refractivity contribution >= 4 is 5.97 Å². The lowest BCUT2D eigenvalue weighted by Gasteiger charge is -2.08. The van der Waals surface area contributed by atoms with E-state index >= 15 is 0 Å². The number of aliphatic hydroxyl groups is 1. The van der Waals surface area contributed by atoms with Crippen molar-refractivity contribution in [3.8, 4) is 0 Å². The van der Waals surface area contributed by atoms with Crippen LogP contribution >= 0.6 is 0 Å². The molecule has 0 saturated heterocycles. The van der Waals surface area contributed by atoms with Gasteiger partial charge in [0.25, 0.3) is 0 Å². The van der Waals surface area contributed by atoms with Crippen LogP contribution in [0.15, 0.2) is 12.2 Å². The summed E-state index contributed by atoms with van der Waals surface area (Å²) < 4.78 is 4.80. The smallest absolute Gasteiger partial charge is 0.334 e. The van der Waals surface area contributed by atoms with E-state index in [-0.39, 0.29) is 0 Å². The van der Waals surface area contributed by atoms with Gasteiger partial charge in [-0.25, -0.2) is 4.79 Å². The lowest BCUT2D eigenvalue weighted by atomic mass is 10.0. The number of allylic oxidation sites excluding steroid dienone is 2. The standard InChI is InChI=1S/C26H50O3/c1-3-5-6-7-8-9-10-11-12-13-14-15-16-17-18-19-20-21-22-23-24-25(27)26(28)29-4-2/h17-18,25,27H,3-16,19-24H2,1-2H3. The molecule has 0 heterocycles. The molecule has 0 aliphatic rings. The molecule has 0 spiro atoms. The van der Waals surface area contributed by atoms with Gasteiger partial charge >= 0.3 is 5.97 Å². The van der Waals surface area contributed by atoms with Gasteiger partial charge < -0.3 is 9.84 Å². The molecule has 3 heteroatoms. The van der Waals surface area contributed by atoms with E-state index in [9.17, 15) is 9.90 Å². The minimum absolute atomic E-state index is 0.335. The third-order valence-electron chi connectivity index (χ3n) is 5.55. The molecule has 172 valence electrons. The Morgan fingerprint density at radius 1 is 0.690 bits per heavy atom. The molecule has 0 saturated carbocycles. The fraction of sp³-hybridized carbons (Fsp3) is 0.885. The monoisotopic (exact) mass is 410 g/mol. The number of carbonyl (C=O) groups excluding carboxylic acids is 1. The van der Waals surface area contributed by atoms with Gasteiger partial charge in [0.1, 0.15) is 0 Å². The highest BCUT2D eigenvalue weighted by Gasteiger charge is 2.14. The Labute approximate surface area is 181 Å². The first-order valence-corrected chi connectivity index (χ1v) is 12.7. The second kappa shape index (κ2) is 23.4. The molecule has 0 amide bonds. The first kappa shape index (κ1) is 28.2. The molecule has 0 aromatic rings. The van der Waals surface area contributed by atoms with Crippen LogP contribution in [0.25, 0.3) is 0 Å². The topological polar surface area (TPSA) is 46.5 Å². The van der Waals surface area contributed by atoms with Crippen LogP contribution in [0, 0.1) is 0 Å². The maximum Gasteiger partial charge on any atom is 0.334 e. The van der Waals surface area contributed by atoms with Crippen molar-refractivity contribution in [1.82, 2.24) is 0 Å². The maximum atomic E-state index is 11.3. The van der Waals surface area contributed by atoms with Gasteiger partial charge in [-0.3, -0.25) is 0 Å². The molecule has 0 aromatic carbocycles. The second-order valence-corrected chi connectivity index (χ2v) is 8.41. The highest BCUT2D eigenvalue weighted by atomic mass is 16.5. The van der Waals surface area contributed by atoms with Crippen molar-refractivity contribution in [3.05, 3.63) is 12.2 Å². The van der Waals surface area contributed by atoms with E-state index in [1.54, 1.807) is 6.92 Å². The van der Waals surface area contributed by atoms with Crippen molar-refractivity contribution < 1.29 is 14.6 Å². The number of carbonyl (C=O) groups is 1. The Hall–Kier alpha value is -0.830. The van der Waals surface area contributed by atoms with E-state index in [1.165, 1.54) is 96.3 Å². The Bertz CT molecular complexity index is 365. The van der Waals surface area contributed by atoms with Gasteiger partial charge in [0, 0.05) is 0 Å². The average Bonchev–Trinajstić information content (AvgIpc) is 2.72. The summed E-state index contributed by atoms with van der Waals surface area (Å²) in [6.45, 7) is 4.38. The molecule has 0 radical (unpaired) electrons. The number of ether oxygens (including phenoxy) is 1. The Morgan fingerprint density at radius 3 is 1.55 bits per heavy atom. The minimum atomic E-state index is -0.939. The van der Waals surface area contributed by atoms with E-state index in [0.29, 0.717) is 13.0 Å². The van der Waals surface area contributed by atoms with Crippen molar-refractivity contribution in [2.75, 3.05) is 6.61 Å². The van der Waals surface area contributed by atoms with E-state index in [2.05, 4.69) is 19.1 Å². The van der Waals surface area contributed by atoms with E-state index in [1.807, 2.05) is 0 Å². The van der Waals surface area contributed by atoms with Crippen LogP contribution in [0.4, 0.5) is 0 Å². The summed E-state index contributed by atoms with van der Waals surface area (Å²) in [6, 6.07) is 0. The number of esters is 1. The van der Waals surface area contributed by atoms with Crippen LogP contribution in [0.5, 0.6) is 0 Å². The van der Waals surface area contributed by atoms with E-state index in [0.717, 1.165) is 19.3 Å². The summed E-state index contributed by atoms with van der Waals surface area (Å²) in [4.78, 5) is 11.3. The first-order valence-electron chi connectivity index (χ1n) is 12.7. The molecule has 0 bridgehead atoms. The van der Waals surface area contributed by atoms with Gasteiger partial charge in [-0.05, 0) is 39.0 Å². The number of hydrogen-bond donors (Lipinski definition) is 1. The molecule has 0 aliphatic carbocycles. The molecular formula is C26H50O3. The molecule has 1 atom stereocenters. The molecule has 3 nitrogen and oxygen atoms in total. The Balaban J connectivity index is 3.20. The number of aliphatic hydroxyl groups excluding tert-OH is 1. The molecule has 0 fully saturated rings. The van der Waals surface area contributed by atoms with Crippen LogP contribution in [0.2, 0.25) is 0 Å². The summed E-state index contributed by atoms with van der Waals surface area (Å²) in [5.41, 5.74) is 0. The zero-order valence-electron chi connectivity index (χ0n) is 19.6. The summed E-state index contributed by atoms with van der Waals surface area (Å²) in [6.07, 6.45) is 27.9. The predicted octanol–water partition coefficient (Wildman–Crippen LogP) is 7.90. The SMILES string of the molecule is CCCCCCCCCCCCCCC=CCCCCCCC(O)C(=O)OCC. The lowest BCUT2D eigenvalue weighted by molar-refractivity contribution is -0.153. The van der Waals surface area contributed by atoms with Crippen molar-refractivity contribution in [1.29, 1.82) is 0 Å². The van der Waals surface area contributed by atoms with Crippen LogP contribution < -0.4 is 0 Å². The molecule has 0 rings (SSSR count). The highest BCUT2D eigenvalue weighted by molar-refractivity contribution is 5.74. The van der Waals surface area contributed by atoms with Crippen molar-refractivity contribution in [3.63, 3.8) is 0 Å². The molecule has 0 aromatic heterocycles. The quantitative estimate of drug-likeness (QED) is 0.112. The van der Waals surface area contributed by atoms with E-state index in [4.69, 9.17) is 4.74 Å².